The Hall–Kier alpha value is -2.89. The number of methoxy groups -OCH3 is 1. The van der Waals surface area contributed by atoms with Crippen LogP contribution in [0.5, 0.6) is 5.75 Å². The number of likely N-dealkylation sites (N-methyl/N-ethyl adjacent to an activating group) is 1. The van der Waals surface area contributed by atoms with Gasteiger partial charge in [0.2, 0.25) is 5.60 Å². The van der Waals surface area contributed by atoms with E-state index in [-0.39, 0.29) is 18.7 Å². The Morgan fingerprint density at radius 2 is 2.25 bits per heavy atom. The van der Waals surface area contributed by atoms with Crippen molar-refractivity contribution in [2.75, 3.05) is 27.3 Å². The second kappa shape index (κ2) is 8.00. The molecule has 1 aromatic heterocycles. The van der Waals surface area contributed by atoms with Gasteiger partial charge in [0.15, 0.2) is 5.69 Å². The first kappa shape index (κ1) is 19.9. The number of aliphatic hydroxyl groups is 1. The second-order valence-corrected chi connectivity index (χ2v) is 7.12. The van der Waals surface area contributed by atoms with Crippen LogP contribution in [0.4, 0.5) is 0 Å². The van der Waals surface area contributed by atoms with Crippen molar-refractivity contribution in [3.8, 4) is 28.2 Å². The van der Waals surface area contributed by atoms with Crippen molar-refractivity contribution in [3.63, 3.8) is 0 Å². The number of aromatic nitrogens is 1. The molecule has 3 rings (SSSR count). The van der Waals surface area contributed by atoms with Gasteiger partial charge in [-0.25, -0.2) is 9.78 Å². The number of esters is 1. The molecule has 0 bridgehead atoms. The number of ether oxygens (including phenoxy) is 2. The van der Waals surface area contributed by atoms with Gasteiger partial charge in [0, 0.05) is 31.0 Å². The van der Waals surface area contributed by atoms with Crippen LogP contribution in [-0.2, 0) is 9.53 Å². The zero-order valence-electron chi connectivity index (χ0n) is 15.8. The van der Waals surface area contributed by atoms with Crippen LogP contribution in [-0.4, -0.2) is 59.8 Å². The van der Waals surface area contributed by atoms with Crippen molar-refractivity contribution in [1.82, 2.24) is 9.88 Å². The van der Waals surface area contributed by atoms with Gasteiger partial charge in [-0.2, -0.15) is 0 Å². The Labute approximate surface area is 166 Å². The summed E-state index contributed by atoms with van der Waals surface area (Å²) in [5.41, 5.74) is -0.168. The fourth-order valence-electron chi connectivity index (χ4n) is 2.79. The normalized spacial score (nSPS) is 18.6. The molecule has 1 fully saturated rings. The lowest BCUT2D eigenvalue weighted by Crippen LogP contribution is -2.37. The molecule has 1 amide bonds. The van der Waals surface area contributed by atoms with Crippen molar-refractivity contribution < 1.29 is 24.2 Å². The van der Waals surface area contributed by atoms with E-state index in [1.807, 2.05) is 0 Å². The number of rotatable bonds is 4. The summed E-state index contributed by atoms with van der Waals surface area (Å²) in [5, 5.41) is 12.7. The fraction of sp³-hybridized carbons (Fsp3) is 0.350. The Balaban J connectivity index is 1.93. The van der Waals surface area contributed by atoms with Crippen molar-refractivity contribution in [2.24, 2.45) is 0 Å². The van der Waals surface area contributed by atoms with Gasteiger partial charge in [-0.1, -0.05) is 11.8 Å². The van der Waals surface area contributed by atoms with E-state index >= 15 is 0 Å². The number of hydrogen-bond acceptors (Lipinski definition) is 7. The lowest BCUT2D eigenvalue weighted by atomic mass is 10.0. The summed E-state index contributed by atoms with van der Waals surface area (Å²) in [6.45, 7) is 2.47. The molecule has 1 atom stereocenters. The van der Waals surface area contributed by atoms with Crippen LogP contribution in [0.1, 0.15) is 29.4 Å². The van der Waals surface area contributed by atoms with Crippen LogP contribution < -0.4 is 4.74 Å². The van der Waals surface area contributed by atoms with E-state index in [2.05, 4.69) is 16.8 Å². The molecule has 2 heterocycles. The van der Waals surface area contributed by atoms with Gasteiger partial charge in [0.05, 0.1) is 19.3 Å². The Morgan fingerprint density at radius 1 is 1.46 bits per heavy atom. The average molecular weight is 400 g/mol. The standard InChI is InChI=1S/C20H20N2O5S/c1-4-27-18(23)15-12-28-17(21-15)14-11-13(5-6-16(14)26-3)7-8-20(25)9-10-22(2)19(20)24/h5-6,11-12,25H,4,9-10H2,1-3H3/t20-/m0/s1. The molecule has 1 aliphatic heterocycles. The van der Waals surface area contributed by atoms with Crippen LogP contribution in [0.2, 0.25) is 0 Å². The Bertz CT molecular complexity index is 974. The smallest absolute Gasteiger partial charge is 0.357 e. The first-order chi connectivity index (χ1) is 13.4. The third-order valence-electron chi connectivity index (χ3n) is 4.34. The number of nitrogens with zero attached hydrogens (tertiary/aromatic N) is 2. The molecular weight excluding hydrogens is 380 g/mol. The molecule has 0 radical (unpaired) electrons. The van der Waals surface area contributed by atoms with Crippen LogP contribution in [0, 0.1) is 11.8 Å². The van der Waals surface area contributed by atoms with Crippen LogP contribution in [0.25, 0.3) is 10.6 Å². The first-order valence-electron chi connectivity index (χ1n) is 8.70. The third kappa shape index (κ3) is 3.86. The summed E-state index contributed by atoms with van der Waals surface area (Å²) in [6, 6.07) is 5.23. The van der Waals surface area contributed by atoms with Gasteiger partial charge in [-0.05, 0) is 25.1 Å². The minimum Gasteiger partial charge on any atom is -0.496 e. The molecule has 1 N–H and O–H groups in total. The third-order valence-corrected chi connectivity index (χ3v) is 5.22. The molecule has 146 valence electrons. The van der Waals surface area contributed by atoms with E-state index in [1.165, 1.54) is 16.2 Å². The van der Waals surface area contributed by atoms with Crippen LogP contribution >= 0.6 is 11.3 Å². The monoisotopic (exact) mass is 400 g/mol. The van der Waals surface area contributed by atoms with Gasteiger partial charge in [0.1, 0.15) is 10.8 Å². The molecule has 0 spiro atoms. The van der Waals surface area contributed by atoms with Crippen LogP contribution in [0.3, 0.4) is 0 Å². The van der Waals surface area contributed by atoms with Crippen molar-refractivity contribution >= 4 is 23.2 Å². The molecule has 0 saturated carbocycles. The maximum atomic E-state index is 12.1. The molecule has 1 saturated heterocycles. The second-order valence-electron chi connectivity index (χ2n) is 6.26. The number of amides is 1. The molecule has 8 heteroatoms. The van der Waals surface area contributed by atoms with Gasteiger partial charge >= 0.3 is 5.97 Å². The van der Waals surface area contributed by atoms with E-state index in [9.17, 15) is 14.7 Å². The molecule has 0 aliphatic carbocycles. The van der Waals surface area contributed by atoms with E-state index in [4.69, 9.17) is 9.47 Å². The van der Waals surface area contributed by atoms with Crippen LogP contribution in [0.15, 0.2) is 23.6 Å². The number of benzene rings is 1. The molecule has 1 aliphatic rings. The minimum atomic E-state index is -1.66. The van der Waals surface area contributed by atoms with Crippen molar-refractivity contribution in [3.05, 3.63) is 34.8 Å². The van der Waals surface area contributed by atoms with Gasteiger partial charge < -0.3 is 19.5 Å². The molecule has 1 aromatic carbocycles. The summed E-state index contributed by atoms with van der Waals surface area (Å²) in [5.74, 6) is 5.26. The van der Waals surface area contributed by atoms with Gasteiger partial charge in [0.25, 0.3) is 5.91 Å². The highest BCUT2D eigenvalue weighted by molar-refractivity contribution is 7.13. The predicted octanol–water partition coefficient (Wildman–Crippen LogP) is 1.94. The number of hydrogen-bond donors (Lipinski definition) is 1. The average Bonchev–Trinajstić information content (AvgIpc) is 3.28. The summed E-state index contributed by atoms with van der Waals surface area (Å²) >= 11 is 1.29. The first-order valence-corrected chi connectivity index (χ1v) is 9.58. The Morgan fingerprint density at radius 3 is 2.89 bits per heavy atom. The number of thiazole rings is 1. The molecular formula is C20H20N2O5S. The highest BCUT2D eigenvalue weighted by Crippen LogP contribution is 2.33. The minimum absolute atomic E-state index is 0.231. The highest BCUT2D eigenvalue weighted by Gasteiger charge is 2.42. The summed E-state index contributed by atoms with van der Waals surface area (Å²) < 4.78 is 10.4. The molecule has 28 heavy (non-hydrogen) atoms. The maximum Gasteiger partial charge on any atom is 0.357 e. The van der Waals surface area contributed by atoms with Crippen molar-refractivity contribution in [1.29, 1.82) is 0 Å². The topological polar surface area (TPSA) is 89.0 Å². The predicted molar refractivity (Wildman–Crippen MR) is 104 cm³/mol. The summed E-state index contributed by atoms with van der Waals surface area (Å²) in [7, 11) is 3.18. The van der Waals surface area contributed by atoms with E-state index in [0.29, 0.717) is 28.4 Å². The van der Waals surface area contributed by atoms with Crippen molar-refractivity contribution in [2.45, 2.75) is 18.9 Å². The summed E-state index contributed by atoms with van der Waals surface area (Å²) in [6.07, 6.45) is 0.272. The lowest BCUT2D eigenvalue weighted by molar-refractivity contribution is -0.137. The van der Waals surface area contributed by atoms with Gasteiger partial charge in [-0.3, -0.25) is 4.79 Å². The van der Waals surface area contributed by atoms with E-state index in [1.54, 1.807) is 44.7 Å². The largest absolute Gasteiger partial charge is 0.496 e. The molecule has 0 unspecified atom stereocenters. The molecule has 7 nitrogen and oxygen atoms in total. The zero-order valence-corrected chi connectivity index (χ0v) is 16.6. The fourth-order valence-corrected chi connectivity index (χ4v) is 3.60. The lowest BCUT2D eigenvalue weighted by Gasteiger charge is -2.13. The zero-order chi connectivity index (χ0) is 20.3. The number of carbonyl (C=O) groups is 2. The number of likely N-dealkylation sites (tertiary alicyclic amines) is 1. The SMILES string of the molecule is CCOC(=O)c1csc(-c2cc(C#C[C@]3(O)CCN(C)C3=O)ccc2OC)n1. The maximum absolute atomic E-state index is 12.1. The Kier molecular flexibility index (Phi) is 5.68. The van der Waals surface area contributed by atoms with E-state index < -0.39 is 17.5 Å². The number of carbonyl (C=O) groups excluding carboxylic acids is 2. The summed E-state index contributed by atoms with van der Waals surface area (Å²) in [4.78, 5) is 29.7. The highest BCUT2D eigenvalue weighted by atomic mass is 32.1. The van der Waals surface area contributed by atoms with E-state index in [0.717, 1.165) is 0 Å². The molecule has 2 aromatic rings. The quantitative estimate of drug-likeness (QED) is 0.623. The van der Waals surface area contributed by atoms with Gasteiger partial charge in [-0.15, -0.1) is 11.3 Å².